The second-order valence-corrected chi connectivity index (χ2v) is 7.51. The third kappa shape index (κ3) is 2.52. The van der Waals surface area contributed by atoms with Gasteiger partial charge in [0.1, 0.15) is 5.76 Å². The molecule has 5 heterocycles. The van der Waals surface area contributed by atoms with Crippen molar-refractivity contribution in [2.24, 2.45) is 4.99 Å². The Morgan fingerprint density at radius 1 is 1.18 bits per heavy atom. The smallest absolute Gasteiger partial charge is 0.216 e. The van der Waals surface area contributed by atoms with Crippen molar-refractivity contribution in [1.82, 2.24) is 19.8 Å². The number of aliphatic imine (C=N–C) groups is 1. The van der Waals surface area contributed by atoms with Crippen LogP contribution in [0.4, 0.5) is 5.95 Å². The molecule has 3 aliphatic heterocycles. The van der Waals surface area contributed by atoms with Gasteiger partial charge in [-0.2, -0.15) is 0 Å². The first-order valence-electron chi connectivity index (χ1n) is 9.80. The quantitative estimate of drug-likeness (QED) is 0.754. The third-order valence-electron chi connectivity index (χ3n) is 5.66. The van der Waals surface area contributed by atoms with Gasteiger partial charge in [0.05, 0.1) is 36.7 Å². The summed E-state index contributed by atoms with van der Waals surface area (Å²) in [5, 5.41) is 3.55. The molecule has 0 unspecified atom stereocenters. The molecule has 28 heavy (non-hydrogen) atoms. The van der Waals surface area contributed by atoms with E-state index in [2.05, 4.69) is 25.8 Å². The van der Waals surface area contributed by atoms with Gasteiger partial charge in [0, 0.05) is 13.2 Å². The second-order valence-electron chi connectivity index (χ2n) is 7.51. The van der Waals surface area contributed by atoms with Gasteiger partial charge in [-0.1, -0.05) is 12.1 Å². The van der Waals surface area contributed by atoms with E-state index in [0.717, 1.165) is 61.4 Å². The molecule has 8 heteroatoms. The average Bonchev–Trinajstić information content (AvgIpc) is 3.48. The molecule has 3 aliphatic rings. The van der Waals surface area contributed by atoms with E-state index in [4.69, 9.17) is 19.1 Å². The predicted octanol–water partition coefficient (Wildman–Crippen LogP) is 2.35. The van der Waals surface area contributed by atoms with Crippen LogP contribution in [0.3, 0.4) is 0 Å². The molecule has 2 aromatic heterocycles. The highest BCUT2D eigenvalue weighted by molar-refractivity contribution is 5.98. The number of guanidine groups is 1. The van der Waals surface area contributed by atoms with Crippen LogP contribution in [-0.4, -0.2) is 53.0 Å². The van der Waals surface area contributed by atoms with Gasteiger partial charge >= 0.3 is 0 Å². The number of ether oxygens (including phenoxy) is 1. The fourth-order valence-corrected chi connectivity index (χ4v) is 4.35. The number of imidazole rings is 1. The number of anilines is 1. The zero-order valence-electron chi connectivity index (χ0n) is 15.5. The van der Waals surface area contributed by atoms with Crippen molar-refractivity contribution in [1.29, 1.82) is 0 Å². The Bertz CT molecular complexity index is 1020. The van der Waals surface area contributed by atoms with Crippen molar-refractivity contribution in [3.63, 3.8) is 0 Å². The normalized spacial score (nSPS) is 24.7. The lowest BCUT2D eigenvalue weighted by atomic mass is 10.2. The van der Waals surface area contributed by atoms with Crippen molar-refractivity contribution in [3.8, 4) is 0 Å². The fourth-order valence-electron chi connectivity index (χ4n) is 4.35. The van der Waals surface area contributed by atoms with Gasteiger partial charge in [0.15, 0.2) is 6.17 Å². The van der Waals surface area contributed by atoms with Crippen LogP contribution in [0.15, 0.2) is 52.1 Å². The number of rotatable bonds is 3. The minimum absolute atomic E-state index is 0.169. The standard InChI is InChI=1S/C20H22N6O2/c1-2-7-16-15(6-1)22-20-25-13-24(11-14-5-3-9-27-14)12-21-19(25)23-18(26(16)20)17-8-4-10-28-17/h1-2,4,6-8,10,14,18H,3,5,9,11-13H2,(H,21,23)/t14-,18+/m1/s1. The van der Waals surface area contributed by atoms with Crippen LogP contribution in [0.25, 0.3) is 11.0 Å². The fraction of sp³-hybridized carbons (Fsp3) is 0.400. The monoisotopic (exact) mass is 378 g/mol. The minimum atomic E-state index is -0.169. The van der Waals surface area contributed by atoms with Crippen molar-refractivity contribution >= 4 is 22.9 Å². The predicted molar refractivity (Wildman–Crippen MR) is 105 cm³/mol. The van der Waals surface area contributed by atoms with Crippen LogP contribution in [0.1, 0.15) is 24.8 Å². The van der Waals surface area contributed by atoms with Gasteiger partial charge in [0.2, 0.25) is 11.9 Å². The number of fused-ring (bicyclic) bond motifs is 5. The zero-order chi connectivity index (χ0) is 18.5. The maximum absolute atomic E-state index is 5.82. The lowest BCUT2D eigenvalue weighted by Crippen LogP contribution is -2.58. The molecule has 1 N–H and O–H groups in total. The second kappa shape index (κ2) is 6.35. The summed E-state index contributed by atoms with van der Waals surface area (Å²) in [5.41, 5.74) is 2.04. The lowest BCUT2D eigenvalue weighted by molar-refractivity contribution is 0.0732. The highest BCUT2D eigenvalue weighted by atomic mass is 16.5. The maximum Gasteiger partial charge on any atom is 0.216 e. The first-order chi connectivity index (χ1) is 13.9. The van der Waals surface area contributed by atoms with Crippen molar-refractivity contribution < 1.29 is 9.15 Å². The van der Waals surface area contributed by atoms with Crippen molar-refractivity contribution in [2.75, 3.05) is 31.4 Å². The molecule has 0 saturated carbocycles. The van der Waals surface area contributed by atoms with E-state index in [0.29, 0.717) is 12.8 Å². The molecule has 1 aromatic carbocycles. The topological polar surface area (TPSA) is 71.1 Å². The molecule has 1 fully saturated rings. The number of nitrogens with one attached hydrogen (secondary N) is 1. The number of furan rings is 1. The summed E-state index contributed by atoms with van der Waals surface area (Å²) in [7, 11) is 0. The van der Waals surface area contributed by atoms with Gasteiger partial charge in [-0.05, 0) is 37.1 Å². The Morgan fingerprint density at radius 2 is 2.14 bits per heavy atom. The molecule has 1 saturated heterocycles. The van der Waals surface area contributed by atoms with Crippen molar-refractivity contribution in [2.45, 2.75) is 25.1 Å². The lowest BCUT2D eigenvalue weighted by Gasteiger charge is -2.41. The van der Waals surface area contributed by atoms with Crippen LogP contribution >= 0.6 is 0 Å². The Balaban J connectivity index is 1.41. The summed E-state index contributed by atoms with van der Waals surface area (Å²) in [6.07, 6.45) is 4.12. The molecular weight excluding hydrogens is 356 g/mol. The third-order valence-corrected chi connectivity index (χ3v) is 5.66. The van der Waals surface area contributed by atoms with Gasteiger partial charge in [-0.25, -0.2) is 9.98 Å². The first-order valence-corrected chi connectivity index (χ1v) is 9.80. The van der Waals surface area contributed by atoms with E-state index in [1.165, 1.54) is 0 Å². The molecule has 0 bridgehead atoms. The van der Waals surface area contributed by atoms with Crippen LogP contribution in [0.2, 0.25) is 0 Å². The first kappa shape index (κ1) is 16.1. The van der Waals surface area contributed by atoms with Gasteiger partial charge in [-0.3, -0.25) is 14.4 Å². The number of aromatic nitrogens is 2. The van der Waals surface area contributed by atoms with E-state index in [1.807, 2.05) is 30.3 Å². The highest BCUT2D eigenvalue weighted by Gasteiger charge is 2.37. The van der Waals surface area contributed by atoms with Crippen LogP contribution < -0.4 is 10.2 Å². The molecular formula is C20H22N6O2. The molecule has 8 nitrogen and oxygen atoms in total. The van der Waals surface area contributed by atoms with Crippen LogP contribution in [-0.2, 0) is 4.74 Å². The summed E-state index contributed by atoms with van der Waals surface area (Å²) in [6, 6.07) is 12.1. The Labute approximate surface area is 162 Å². The SMILES string of the molecule is c1coc([C@H]2NC3=NCN(C[C@H]4CCCO4)CN3c3nc4ccccc4n32)c1. The van der Waals surface area contributed by atoms with E-state index in [1.54, 1.807) is 6.26 Å². The summed E-state index contributed by atoms with van der Waals surface area (Å²) in [6.45, 7) is 3.16. The average molecular weight is 378 g/mol. The highest BCUT2D eigenvalue weighted by Crippen LogP contribution is 2.34. The molecule has 0 aliphatic carbocycles. The van der Waals surface area contributed by atoms with Crippen LogP contribution in [0, 0.1) is 0 Å². The number of nitrogens with zero attached hydrogens (tertiary/aromatic N) is 5. The molecule has 144 valence electrons. The molecule has 0 spiro atoms. The van der Waals surface area contributed by atoms with Gasteiger partial charge < -0.3 is 14.5 Å². The molecule has 0 amide bonds. The zero-order valence-corrected chi connectivity index (χ0v) is 15.5. The molecule has 3 aromatic rings. The minimum Gasteiger partial charge on any atom is -0.465 e. The summed E-state index contributed by atoms with van der Waals surface area (Å²) in [5.74, 6) is 2.57. The summed E-state index contributed by atoms with van der Waals surface area (Å²) in [4.78, 5) is 14.2. The number of hydrogen-bond acceptors (Lipinski definition) is 7. The van der Waals surface area contributed by atoms with E-state index >= 15 is 0 Å². The maximum atomic E-state index is 5.82. The van der Waals surface area contributed by atoms with E-state index in [9.17, 15) is 0 Å². The molecule has 6 rings (SSSR count). The van der Waals surface area contributed by atoms with Crippen LogP contribution in [0.5, 0.6) is 0 Å². The number of benzene rings is 1. The number of para-hydroxylation sites is 2. The molecule has 2 atom stereocenters. The Kier molecular flexibility index (Phi) is 3.66. The van der Waals surface area contributed by atoms with E-state index in [-0.39, 0.29) is 6.17 Å². The summed E-state index contributed by atoms with van der Waals surface area (Å²) >= 11 is 0. The van der Waals surface area contributed by atoms with Gasteiger partial charge in [0.25, 0.3) is 0 Å². The Morgan fingerprint density at radius 3 is 3.00 bits per heavy atom. The number of hydrogen-bond donors (Lipinski definition) is 1. The largest absolute Gasteiger partial charge is 0.465 e. The van der Waals surface area contributed by atoms with Gasteiger partial charge in [-0.15, -0.1) is 0 Å². The molecule has 0 radical (unpaired) electrons. The Hall–Kier alpha value is -2.84. The van der Waals surface area contributed by atoms with E-state index < -0.39 is 0 Å². The van der Waals surface area contributed by atoms with Crippen molar-refractivity contribution in [3.05, 3.63) is 48.4 Å². The summed E-state index contributed by atoms with van der Waals surface area (Å²) < 4.78 is 13.7.